The third-order valence-corrected chi connectivity index (χ3v) is 5.91. The monoisotopic (exact) mass is 359 g/mol. The molecule has 1 saturated carbocycles. The Kier molecular flexibility index (Phi) is 5.73. The smallest absolute Gasteiger partial charge is 0.233 e. The maximum Gasteiger partial charge on any atom is 0.233 e. The van der Waals surface area contributed by atoms with Gasteiger partial charge in [-0.2, -0.15) is 4.68 Å². The van der Waals surface area contributed by atoms with Crippen molar-refractivity contribution < 1.29 is 4.79 Å². The van der Waals surface area contributed by atoms with Crippen molar-refractivity contribution in [2.75, 3.05) is 0 Å². The maximum absolute atomic E-state index is 12.6. The normalized spacial score (nSPS) is 21.7. The van der Waals surface area contributed by atoms with Crippen molar-refractivity contribution in [3.05, 3.63) is 29.8 Å². The first-order valence-corrected chi connectivity index (χ1v) is 9.75. The number of para-hydroxylation sites is 1. The Balaban J connectivity index is 1.67. The molecule has 3 rings (SSSR count). The molecule has 1 fully saturated rings. The molecule has 0 bridgehead atoms. The number of nitrogens with zero attached hydrogens (tertiary/aromatic N) is 4. The summed E-state index contributed by atoms with van der Waals surface area (Å²) in [6.45, 7) is 6.15. The van der Waals surface area contributed by atoms with Crippen LogP contribution in [0.15, 0.2) is 29.4 Å². The molecule has 1 aliphatic rings. The van der Waals surface area contributed by atoms with Crippen molar-refractivity contribution in [3.63, 3.8) is 0 Å². The lowest BCUT2D eigenvalue weighted by atomic mass is 9.86. The second-order valence-electron chi connectivity index (χ2n) is 6.80. The number of benzene rings is 1. The van der Waals surface area contributed by atoms with Crippen LogP contribution >= 0.6 is 11.8 Å². The van der Waals surface area contributed by atoms with Gasteiger partial charge >= 0.3 is 0 Å². The minimum Gasteiger partial charge on any atom is -0.352 e. The number of carbonyl (C=O) groups excluding carboxylic acids is 1. The molecule has 0 spiro atoms. The number of rotatable bonds is 5. The van der Waals surface area contributed by atoms with Crippen LogP contribution in [0.25, 0.3) is 5.69 Å². The molecule has 6 nitrogen and oxygen atoms in total. The van der Waals surface area contributed by atoms with E-state index in [1.54, 1.807) is 4.68 Å². The molecule has 2 aromatic rings. The van der Waals surface area contributed by atoms with E-state index in [-0.39, 0.29) is 17.2 Å². The minimum atomic E-state index is -0.247. The van der Waals surface area contributed by atoms with Crippen LogP contribution in [0.4, 0.5) is 0 Å². The lowest BCUT2D eigenvalue weighted by molar-refractivity contribution is -0.121. The van der Waals surface area contributed by atoms with E-state index < -0.39 is 0 Å². The largest absolute Gasteiger partial charge is 0.352 e. The molecule has 0 radical (unpaired) electrons. The summed E-state index contributed by atoms with van der Waals surface area (Å²) in [6.07, 6.45) is 4.73. The van der Waals surface area contributed by atoms with Crippen molar-refractivity contribution in [2.45, 2.75) is 62.9 Å². The first-order chi connectivity index (χ1) is 12.1. The van der Waals surface area contributed by atoms with Gasteiger partial charge in [0.05, 0.1) is 10.9 Å². The van der Waals surface area contributed by atoms with Crippen LogP contribution in [-0.2, 0) is 4.79 Å². The van der Waals surface area contributed by atoms with Gasteiger partial charge in [-0.1, -0.05) is 49.7 Å². The van der Waals surface area contributed by atoms with E-state index in [1.165, 1.54) is 31.0 Å². The molecule has 1 aliphatic carbocycles. The molecular weight excluding hydrogens is 334 g/mol. The molecule has 0 saturated heterocycles. The Morgan fingerprint density at radius 1 is 1.32 bits per heavy atom. The fourth-order valence-electron chi connectivity index (χ4n) is 3.25. The molecular formula is C18H25N5OS. The predicted octanol–water partition coefficient (Wildman–Crippen LogP) is 3.15. The highest BCUT2D eigenvalue weighted by molar-refractivity contribution is 8.00. The van der Waals surface area contributed by atoms with Crippen LogP contribution in [-0.4, -0.2) is 37.4 Å². The van der Waals surface area contributed by atoms with Gasteiger partial charge in [0.25, 0.3) is 0 Å². The van der Waals surface area contributed by atoms with Crippen LogP contribution < -0.4 is 5.32 Å². The number of amides is 1. The van der Waals surface area contributed by atoms with E-state index in [1.807, 2.05) is 38.1 Å². The zero-order chi connectivity index (χ0) is 17.8. The van der Waals surface area contributed by atoms with Crippen LogP contribution in [0, 0.1) is 12.8 Å². The number of hydrogen-bond acceptors (Lipinski definition) is 5. The summed E-state index contributed by atoms with van der Waals surface area (Å²) in [5.41, 5.74) is 2.02. The van der Waals surface area contributed by atoms with Crippen LogP contribution in [0.5, 0.6) is 0 Å². The molecule has 0 aliphatic heterocycles. The summed E-state index contributed by atoms with van der Waals surface area (Å²) in [4.78, 5) is 12.6. The molecule has 1 N–H and O–H groups in total. The van der Waals surface area contributed by atoms with Crippen molar-refractivity contribution in [1.29, 1.82) is 0 Å². The molecule has 1 heterocycles. The van der Waals surface area contributed by atoms with E-state index in [0.717, 1.165) is 17.7 Å². The summed E-state index contributed by atoms with van der Waals surface area (Å²) >= 11 is 1.39. The van der Waals surface area contributed by atoms with Gasteiger partial charge in [0.1, 0.15) is 0 Å². The zero-order valence-corrected chi connectivity index (χ0v) is 15.8. The van der Waals surface area contributed by atoms with Gasteiger partial charge in [0.2, 0.25) is 11.1 Å². The topological polar surface area (TPSA) is 72.7 Å². The van der Waals surface area contributed by atoms with Crippen molar-refractivity contribution in [3.8, 4) is 5.69 Å². The van der Waals surface area contributed by atoms with E-state index >= 15 is 0 Å². The number of tetrazole rings is 1. The Hall–Kier alpha value is -1.89. The van der Waals surface area contributed by atoms with Gasteiger partial charge in [0, 0.05) is 6.04 Å². The number of nitrogens with one attached hydrogen (secondary N) is 1. The number of carbonyl (C=O) groups is 1. The third kappa shape index (κ3) is 4.21. The number of aromatic nitrogens is 4. The van der Waals surface area contributed by atoms with Gasteiger partial charge in [0.15, 0.2) is 0 Å². The second-order valence-corrected chi connectivity index (χ2v) is 8.10. The van der Waals surface area contributed by atoms with Gasteiger partial charge in [-0.25, -0.2) is 0 Å². The molecule has 1 aromatic heterocycles. The average molecular weight is 359 g/mol. The molecule has 134 valence electrons. The van der Waals surface area contributed by atoms with Crippen LogP contribution in [0.2, 0.25) is 0 Å². The number of thioether (sulfide) groups is 1. The van der Waals surface area contributed by atoms with Gasteiger partial charge in [-0.15, -0.1) is 5.10 Å². The fraction of sp³-hybridized carbons (Fsp3) is 0.556. The highest BCUT2D eigenvalue weighted by Gasteiger charge is 2.26. The van der Waals surface area contributed by atoms with Crippen LogP contribution in [0.3, 0.4) is 0 Å². The predicted molar refractivity (Wildman–Crippen MR) is 98.8 cm³/mol. The summed E-state index contributed by atoms with van der Waals surface area (Å²) in [7, 11) is 0. The van der Waals surface area contributed by atoms with Gasteiger partial charge < -0.3 is 5.32 Å². The molecule has 3 atom stereocenters. The van der Waals surface area contributed by atoms with Crippen molar-refractivity contribution >= 4 is 17.7 Å². The quantitative estimate of drug-likeness (QED) is 0.830. The lowest BCUT2D eigenvalue weighted by Crippen LogP contribution is -2.44. The minimum absolute atomic E-state index is 0.0584. The summed E-state index contributed by atoms with van der Waals surface area (Å²) in [6, 6.07) is 8.23. The average Bonchev–Trinajstić information content (AvgIpc) is 3.05. The first kappa shape index (κ1) is 17.9. The Bertz CT molecular complexity index is 732. The summed E-state index contributed by atoms with van der Waals surface area (Å²) < 4.78 is 1.70. The van der Waals surface area contributed by atoms with Crippen molar-refractivity contribution in [1.82, 2.24) is 25.5 Å². The molecule has 0 unspecified atom stereocenters. The zero-order valence-electron chi connectivity index (χ0n) is 15.0. The third-order valence-electron chi connectivity index (χ3n) is 4.88. The van der Waals surface area contributed by atoms with E-state index in [2.05, 4.69) is 27.8 Å². The molecule has 1 aromatic carbocycles. The number of hydrogen-bond donors (Lipinski definition) is 1. The summed E-state index contributed by atoms with van der Waals surface area (Å²) in [5.74, 6) is 0.607. The van der Waals surface area contributed by atoms with Gasteiger partial charge in [-0.3, -0.25) is 4.79 Å². The lowest BCUT2D eigenvalue weighted by Gasteiger charge is -2.30. The highest BCUT2D eigenvalue weighted by atomic mass is 32.2. The number of aryl methyl sites for hydroxylation is 1. The second kappa shape index (κ2) is 7.99. The molecule has 1 amide bonds. The summed E-state index contributed by atoms with van der Waals surface area (Å²) in [5, 5.41) is 15.6. The Morgan fingerprint density at radius 3 is 2.84 bits per heavy atom. The first-order valence-electron chi connectivity index (χ1n) is 8.87. The van der Waals surface area contributed by atoms with E-state index in [4.69, 9.17) is 0 Å². The fourth-order valence-corrected chi connectivity index (χ4v) is 4.06. The van der Waals surface area contributed by atoms with E-state index in [9.17, 15) is 4.79 Å². The molecule has 7 heteroatoms. The van der Waals surface area contributed by atoms with Crippen LogP contribution in [0.1, 0.15) is 45.1 Å². The molecule has 25 heavy (non-hydrogen) atoms. The maximum atomic E-state index is 12.6. The Morgan fingerprint density at radius 2 is 2.08 bits per heavy atom. The Labute approximate surface area is 152 Å². The van der Waals surface area contributed by atoms with Crippen molar-refractivity contribution in [2.24, 2.45) is 5.92 Å². The van der Waals surface area contributed by atoms with E-state index in [0.29, 0.717) is 11.1 Å². The SMILES string of the molecule is Cc1ccccc1-n1nnnc1S[C@@H](C)C(=O)N[C@H]1CCCC[C@@H]1C. The highest BCUT2D eigenvalue weighted by Crippen LogP contribution is 2.27. The standard InChI is InChI=1S/C18H25N5OS/c1-12-8-4-6-10-15(12)19-17(24)14(3)25-18-20-21-22-23(18)16-11-7-5-9-13(16)2/h5,7,9,11-12,14-15H,4,6,8,10H2,1-3H3,(H,19,24)/t12-,14-,15-/m0/s1. The van der Waals surface area contributed by atoms with Gasteiger partial charge in [-0.05, 0) is 54.7 Å².